The molecule has 3 heterocycles. The van der Waals surface area contributed by atoms with Crippen LogP contribution in [-0.4, -0.2) is 69.2 Å². The standard InChI is InChI=1S/C24H28F3N7O4/c1-14(21(28)36)10-19(35)34(18-11-17(30-31(18)2)22(37)29-13-24(25,26)27)20-16-7-4-3-6-15(16)12-32-8-5-9-33(32)23(20)38/h3-4,6-7,11,14,20H,5,8-10,12-13H2,1-2H3,(H2,28,36)(H,29,37)/t14-,20+/m1/s1. The van der Waals surface area contributed by atoms with E-state index in [1.807, 2.05) is 17.1 Å². The van der Waals surface area contributed by atoms with E-state index in [1.54, 1.807) is 22.5 Å². The normalized spacial score (nSPS) is 18.4. The van der Waals surface area contributed by atoms with E-state index in [2.05, 4.69) is 5.10 Å². The molecule has 0 unspecified atom stereocenters. The Balaban J connectivity index is 1.81. The highest BCUT2D eigenvalue weighted by atomic mass is 19.4. The number of aromatic nitrogens is 2. The molecule has 2 aliphatic heterocycles. The number of primary amides is 1. The number of amides is 4. The van der Waals surface area contributed by atoms with Crippen LogP contribution in [0, 0.1) is 5.92 Å². The molecule has 14 heteroatoms. The van der Waals surface area contributed by atoms with Crippen molar-refractivity contribution in [3.05, 3.63) is 47.2 Å². The minimum Gasteiger partial charge on any atom is -0.369 e. The van der Waals surface area contributed by atoms with Crippen molar-refractivity contribution in [2.75, 3.05) is 24.5 Å². The first-order valence-corrected chi connectivity index (χ1v) is 12.0. The zero-order chi connectivity index (χ0) is 27.8. The van der Waals surface area contributed by atoms with Crippen LogP contribution in [0.15, 0.2) is 30.3 Å². The zero-order valence-corrected chi connectivity index (χ0v) is 20.9. The average Bonchev–Trinajstić information content (AvgIpc) is 3.44. The number of rotatable bonds is 7. The quantitative estimate of drug-likeness (QED) is 0.549. The minimum absolute atomic E-state index is 0.00429. The molecule has 11 nitrogen and oxygen atoms in total. The van der Waals surface area contributed by atoms with Gasteiger partial charge >= 0.3 is 6.18 Å². The molecule has 0 aliphatic carbocycles. The number of fused-ring (bicyclic) bond motifs is 2. The molecule has 3 N–H and O–H groups in total. The Kier molecular flexibility index (Phi) is 7.44. The van der Waals surface area contributed by atoms with E-state index < -0.39 is 48.3 Å². The number of anilines is 1. The molecule has 204 valence electrons. The van der Waals surface area contributed by atoms with Crippen LogP contribution in [0.1, 0.15) is 47.4 Å². The molecule has 0 saturated carbocycles. The number of aryl methyl sites for hydroxylation is 1. The third kappa shape index (κ3) is 5.49. The summed E-state index contributed by atoms with van der Waals surface area (Å²) in [5.74, 6) is -3.70. The third-order valence-electron chi connectivity index (χ3n) is 6.60. The van der Waals surface area contributed by atoms with Gasteiger partial charge in [-0.25, -0.2) is 5.01 Å². The van der Waals surface area contributed by atoms with E-state index >= 15 is 0 Å². The number of hydrogen-bond donors (Lipinski definition) is 2. The molecule has 2 atom stereocenters. The zero-order valence-electron chi connectivity index (χ0n) is 20.9. The van der Waals surface area contributed by atoms with Gasteiger partial charge in [0.2, 0.25) is 11.8 Å². The first-order valence-electron chi connectivity index (χ1n) is 12.0. The van der Waals surface area contributed by atoms with Gasteiger partial charge in [0.1, 0.15) is 18.4 Å². The van der Waals surface area contributed by atoms with Crippen molar-refractivity contribution in [2.24, 2.45) is 18.7 Å². The second-order valence-corrected chi connectivity index (χ2v) is 9.38. The Morgan fingerprint density at radius 3 is 2.63 bits per heavy atom. The highest BCUT2D eigenvalue weighted by Crippen LogP contribution is 2.37. The molecular weight excluding hydrogens is 507 g/mol. The molecule has 2 aromatic rings. The molecule has 38 heavy (non-hydrogen) atoms. The Morgan fingerprint density at radius 1 is 1.24 bits per heavy atom. The minimum atomic E-state index is -4.63. The molecular formula is C24H28F3N7O4. The van der Waals surface area contributed by atoms with Gasteiger partial charge in [-0.05, 0) is 17.5 Å². The predicted octanol–water partition coefficient (Wildman–Crippen LogP) is 1.26. The Labute approximate surface area is 216 Å². The lowest BCUT2D eigenvalue weighted by Crippen LogP contribution is -2.48. The Morgan fingerprint density at radius 2 is 1.95 bits per heavy atom. The second kappa shape index (κ2) is 10.4. The van der Waals surface area contributed by atoms with Gasteiger partial charge in [-0.15, -0.1) is 0 Å². The van der Waals surface area contributed by atoms with E-state index in [4.69, 9.17) is 5.73 Å². The van der Waals surface area contributed by atoms with Gasteiger partial charge in [0.05, 0.1) is 0 Å². The summed E-state index contributed by atoms with van der Waals surface area (Å²) in [7, 11) is 1.41. The van der Waals surface area contributed by atoms with Crippen molar-refractivity contribution in [1.29, 1.82) is 0 Å². The lowest BCUT2D eigenvalue weighted by molar-refractivity contribution is -0.146. The first kappa shape index (κ1) is 27.1. The summed E-state index contributed by atoms with van der Waals surface area (Å²) in [5.41, 5.74) is 6.38. The van der Waals surface area contributed by atoms with Gasteiger partial charge < -0.3 is 11.1 Å². The lowest BCUT2D eigenvalue weighted by atomic mass is 9.97. The Hall–Kier alpha value is -3.94. The smallest absolute Gasteiger partial charge is 0.369 e. The van der Waals surface area contributed by atoms with Crippen LogP contribution >= 0.6 is 0 Å². The maximum atomic E-state index is 14.0. The predicted molar refractivity (Wildman–Crippen MR) is 128 cm³/mol. The number of nitrogens with zero attached hydrogens (tertiary/aromatic N) is 5. The maximum absolute atomic E-state index is 14.0. The fourth-order valence-electron chi connectivity index (χ4n) is 4.67. The van der Waals surface area contributed by atoms with E-state index in [9.17, 15) is 32.3 Å². The summed E-state index contributed by atoms with van der Waals surface area (Å²) in [5, 5.41) is 9.24. The fraction of sp³-hybridized carbons (Fsp3) is 0.458. The number of carbonyl (C=O) groups is 4. The van der Waals surface area contributed by atoms with Gasteiger partial charge in [-0.2, -0.15) is 18.3 Å². The average molecular weight is 536 g/mol. The van der Waals surface area contributed by atoms with Crippen molar-refractivity contribution in [3.8, 4) is 0 Å². The second-order valence-electron chi connectivity index (χ2n) is 9.38. The number of halogens is 3. The molecule has 4 amide bonds. The molecule has 1 fully saturated rings. The van der Waals surface area contributed by atoms with Gasteiger partial charge in [0.15, 0.2) is 5.69 Å². The van der Waals surface area contributed by atoms with Gasteiger partial charge in [0.25, 0.3) is 11.8 Å². The SMILES string of the molecule is C[C@H](CC(=O)N(c1cc(C(=O)NCC(F)(F)F)nn1C)[C@@H]1C(=O)N2CCCN2Cc2ccccc21)C(N)=O. The summed E-state index contributed by atoms with van der Waals surface area (Å²) in [6.45, 7) is 1.45. The maximum Gasteiger partial charge on any atom is 0.405 e. The molecule has 0 bridgehead atoms. The van der Waals surface area contributed by atoms with Crippen LogP contribution in [0.3, 0.4) is 0 Å². The molecule has 4 rings (SSSR count). The van der Waals surface area contributed by atoms with Crippen LogP contribution in [0.4, 0.5) is 19.0 Å². The van der Waals surface area contributed by atoms with Gasteiger partial charge in [0, 0.05) is 45.1 Å². The van der Waals surface area contributed by atoms with Crippen molar-refractivity contribution < 1.29 is 32.3 Å². The molecule has 1 saturated heterocycles. The molecule has 1 aromatic carbocycles. The third-order valence-corrected chi connectivity index (χ3v) is 6.60. The number of carbonyl (C=O) groups excluding carboxylic acids is 4. The van der Waals surface area contributed by atoms with E-state index in [0.29, 0.717) is 25.2 Å². The molecule has 0 radical (unpaired) electrons. The van der Waals surface area contributed by atoms with Crippen LogP contribution in [0.2, 0.25) is 0 Å². The number of nitrogens with one attached hydrogen (secondary N) is 1. The van der Waals surface area contributed by atoms with Crippen LogP contribution in [0.25, 0.3) is 0 Å². The Bertz CT molecular complexity index is 1260. The summed E-state index contributed by atoms with van der Waals surface area (Å²) in [6, 6.07) is 7.11. The summed E-state index contributed by atoms with van der Waals surface area (Å²) >= 11 is 0. The van der Waals surface area contributed by atoms with Crippen molar-refractivity contribution in [3.63, 3.8) is 0 Å². The summed E-state index contributed by atoms with van der Waals surface area (Å²) in [4.78, 5) is 53.1. The van der Waals surface area contributed by atoms with Crippen molar-refractivity contribution >= 4 is 29.4 Å². The molecule has 2 aliphatic rings. The highest BCUT2D eigenvalue weighted by molar-refractivity contribution is 6.03. The monoisotopic (exact) mass is 535 g/mol. The largest absolute Gasteiger partial charge is 0.405 e. The fourth-order valence-corrected chi connectivity index (χ4v) is 4.67. The van der Waals surface area contributed by atoms with Crippen molar-refractivity contribution in [1.82, 2.24) is 25.1 Å². The molecule has 0 spiro atoms. The van der Waals surface area contributed by atoms with Crippen LogP contribution in [0.5, 0.6) is 0 Å². The summed E-state index contributed by atoms with van der Waals surface area (Å²) in [6.07, 6.45) is -4.23. The van der Waals surface area contributed by atoms with E-state index in [1.165, 1.54) is 14.0 Å². The van der Waals surface area contributed by atoms with Crippen LogP contribution in [-0.2, 0) is 28.0 Å². The number of alkyl halides is 3. The highest BCUT2D eigenvalue weighted by Gasteiger charge is 2.43. The molecule has 1 aromatic heterocycles. The van der Waals surface area contributed by atoms with Crippen LogP contribution < -0.4 is 16.0 Å². The van der Waals surface area contributed by atoms with E-state index in [-0.39, 0.29) is 17.9 Å². The topological polar surface area (TPSA) is 134 Å². The van der Waals surface area contributed by atoms with Gasteiger partial charge in [-0.1, -0.05) is 31.2 Å². The summed E-state index contributed by atoms with van der Waals surface area (Å²) < 4.78 is 39.0. The number of hydrazine groups is 1. The first-order chi connectivity index (χ1) is 17.9. The van der Waals surface area contributed by atoms with Gasteiger partial charge in [-0.3, -0.25) is 33.8 Å². The number of nitrogens with two attached hydrogens (primary N) is 1. The number of hydrogen-bond acceptors (Lipinski definition) is 6. The lowest BCUT2D eigenvalue weighted by Gasteiger charge is -2.34. The van der Waals surface area contributed by atoms with E-state index in [0.717, 1.165) is 27.6 Å². The number of benzene rings is 1. The van der Waals surface area contributed by atoms with Crippen molar-refractivity contribution in [2.45, 2.75) is 38.5 Å².